The number of carbonyl (C=O) groups is 1. The van der Waals surface area contributed by atoms with Gasteiger partial charge in [-0.2, -0.15) is 0 Å². The number of ether oxygens (including phenoxy) is 2. The summed E-state index contributed by atoms with van der Waals surface area (Å²) in [6, 6.07) is 7.67. The topological polar surface area (TPSA) is 65.4 Å². The van der Waals surface area contributed by atoms with Gasteiger partial charge in [-0.15, -0.1) is 0 Å². The first kappa shape index (κ1) is 14.9. The Balaban J connectivity index is 2.26. The molecule has 6 nitrogen and oxygen atoms in total. The van der Waals surface area contributed by atoms with Crippen molar-refractivity contribution in [2.24, 2.45) is 0 Å². The van der Waals surface area contributed by atoms with Gasteiger partial charge >= 0.3 is 5.97 Å². The number of methoxy groups -OCH3 is 1. The third-order valence-electron chi connectivity index (χ3n) is 3.06. The van der Waals surface area contributed by atoms with Crippen molar-refractivity contribution in [2.45, 2.75) is 13.5 Å². The lowest BCUT2D eigenvalue weighted by atomic mass is 10.2. The first-order valence-electron chi connectivity index (χ1n) is 6.72. The van der Waals surface area contributed by atoms with Crippen LogP contribution in [0.2, 0.25) is 0 Å². The molecule has 0 saturated carbocycles. The fraction of sp³-hybridized carbons (Fsp3) is 0.333. The second-order valence-electron chi connectivity index (χ2n) is 4.39. The molecule has 0 spiro atoms. The number of carbonyl (C=O) groups excluding carboxylic acids is 1. The highest BCUT2D eigenvalue weighted by molar-refractivity contribution is 5.93. The van der Waals surface area contributed by atoms with Gasteiger partial charge in [0.15, 0.2) is 11.5 Å². The van der Waals surface area contributed by atoms with E-state index in [0.717, 1.165) is 11.3 Å². The fourth-order valence-electron chi connectivity index (χ4n) is 2.03. The van der Waals surface area contributed by atoms with Gasteiger partial charge in [0.05, 0.1) is 20.0 Å². The minimum absolute atomic E-state index is 0.329. The Morgan fingerprint density at radius 3 is 2.62 bits per heavy atom. The molecule has 112 valence electrons. The van der Waals surface area contributed by atoms with Gasteiger partial charge in [-0.25, -0.2) is 9.78 Å². The molecular formula is C15H19N3O3. The Morgan fingerprint density at radius 2 is 2.05 bits per heavy atom. The maximum atomic E-state index is 12.1. The van der Waals surface area contributed by atoms with Crippen molar-refractivity contribution in [3.8, 4) is 5.75 Å². The van der Waals surface area contributed by atoms with Crippen LogP contribution < -0.4 is 10.1 Å². The Morgan fingerprint density at radius 1 is 1.33 bits per heavy atom. The average molecular weight is 289 g/mol. The van der Waals surface area contributed by atoms with Crippen LogP contribution >= 0.6 is 0 Å². The smallest absolute Gasteiger partial charge is 0.358 e. The molecule has 0 aliphatic heterocycles. The summed E-state index contributed by atoms with van der Waals surface area (Å²) >= 11 is 0. The van der Waals surface area contributed by atoms with E-state index >= 15 is 0 Å². The number of nitrogens with one attached hydrogen (secondary N) is 1. The van der Waals surface area contributed by atoms with Gasteiger partial charge in [-0.3, -0.25) is 0 Å². The standard InChI is InChI=1S/C15H19N3O3/c1-4-21-15(19)13-14(16-2)17-10-18(13)9-11-5-7-12(20-3)8-6-11/h5-8,10,16H,4,9H2,1-3H3. The van der Waals surface area contributed by atoms with E-state index in [0.29, 0.717) is 24.7 Å². The van der Waals surface area contributed by atoms with Crippen LogP contribution in [-0.2, 0) is 11.3 Å². The first-order valence-corrected chi connectivity index (χ1v) is 6.72. The molecule has 0 aliphatic rings. The lowest BCUT2D eigenvalue weighted by Crippen LogP contribution is -2.14. The predicted molar refractivity (Wildman–Crippen MR) is 79.8 cm³/mol. The van der Waals surface area contributed by atoms with E-state index in [2.05, 4.69) is 10.3 Å². The third kappa shape index (κ3) is 3.34. The number of nitrogens with zero attached hydrogens (tertiary/aromatic N) is 2. The molecule has 0 saturated heterocycles. The minimum Gasteiger partial charge on any atom is -0.497 e. The van der Waals surface area contributed by atoms with E-state index in [1.807, 2.05) is 24.3 Å². The van der Waals surface area contributed by atoms with Crippen molar-refractivity contribution >= 4 is 11.8 Å². The van der Waals surface area contributed by atoms with Crippen LogP contribution in [0.15, 0.2) is 30.6 Å². The maximum absolute atomic E-state index is 12.1. The first-order chi connectivity index (χ1) is 10.2. The molecule has 1 heterocycles. The molecule has 0 atom stereocenters. The Hall–Kier alpha value is -2.50. The third-order valence-corrected chi connectivity index (χ3v) is 3.06. The molecule has 21 heavy (non-hydrogen) atoms. The van der Waals surface area contributed by atoms with Crippen LogP contribution in [0, 0.1) is 0 Å². The number of esters is 1. The van der Waals surface area contributed by atoms with E-state index in [-0.39, 0.29) is 5.97 Å². The van der Waals surface area contributed by atoms with Crippen molar-refractivity contribution in [1.29, 1.82) is 0 Å². The zero-order valence-corrected chi connectivity index (χ0v) is 12.4. The van der Waals surface area contributed by atoms with Gasteiger partial charge in [-0.1, -0.05) is 12.1 Å². The Bertz CT molecular complexity index is 605. The predicted octanol–water partition coefficient (Wildman–Crippen LogP) is 2.16. The van der Waals surface area contributed by atoms with Crippen LogP contribution in [0.1, 0.15) is 23.0 Å². The molecule has 6 heteroatoms. The quantitative estimate of drug-likeness (QED) is 0.826. The number of hydrogen-bond acceptors (Lipinski definition) is 5. The summed E-state index contributed by atoms with van der Waals surface area (Å²) in [5.41, 5.74) is 1.47. The van der Waals surface area contributed by atoms with Crippen molar-refractivity contribution < 1.29 is 14.3 Å². The van der Waals surface area contributed by atoms with Crippen LogP contribution in [-0.4, -0.2) is 36.3 Å². The molecular weight excluding hydrogens is 270 g/mol. The molecule has 0 fully saturated rings. The summed E-state index contributed by atoms with van der Waals surface area (Å²) in [6.45, 7) is 2.64. The summed E-state index contributed by atoms with van der Waals surface area (Å²) in [6.07, 6.45) is 1.63. The largest absolute Gasteiger partial charge is 0.497 e. The van der Waals surface area contributed by atoms with Crippen LogP contribution in [0.4, 0.5) is 5.82 Å². The number of hydrogen-bond donors (Lipinski definition) is 1. The summed E-state index contributed by atoms with van der Waals surface area (Å²) in [4.78, 5) is 16.2. The molecule has 0 amide bonds. The molecule has 1 aromatic heterocycles. The summed E-state index contributed by atoms with van der Waals surface area (Å²) in [7, 11) is 3.35. The van der Waals surface area contributed by atoms with Crippen molar-refractivity contribution in [2.75, 3.05) is 26.1 Å². The van der Waals surface area contributed by atoms with Gasteiger partial charge in [0.25, 0.3) is 0 Å². The average Bonchev–Trinajstić information content (AvgIpc) is 2.91. The van der Waals surface area contributed by atoms with Crippen LogP contribution in [0.25, 0.3) is 0 Å². The van der Waals surface area contributed by atoms with Crippen LogP contribution in [0.3, 0.4) is 0 Å². The zero-order chi connectivity index (χ0) is 15.2. The summed E-state index contributed by atoms with van der Waals surface area (Å²) in [5, 5.41) is 2.91. The second kappa shape index (κ2) is 6.78. The zero-order valence-electron chi connectivity index (χ0n) is 12.4. The molecule has 2 aromatic rings. The van der Waals surface area contributed by atoms with Gasteiger partial charge in [0, 0.05) is 13.6 Å². The number of rotatable bonds is 6. The normalized spacial score (nSPS) is 10.2. The number of imidazole rings is 1. The monoisotopic (exact) mass is 289 g/mol. The molecule has 1 N–H and O–H groups in total. The van der Waals surface area contributed by atoms with E-state index < -0.39 is 0 Å². The minimum atomic E-state index is -0.382. The maximum Gasteiger partial charge on any atom is 0.358 e. The van der Waals surface area contributed by atoms with Crippen LogP contribution in [0.5, 0.6) is 5.75 Å². The van der Waals surface area contributed by atoms with Gasteiger partial charge in [0.2, 0.25) is 0 Å². The Labute approximate surface area is 123 Å². The number of anilines is 1. The number of aromatic nitrogens is 2. The lowest BCUT2D eigenvalue weighted by molar-refractivity contribution is 0.0515. The fourth-order valence-corrected chi connectivity index (χ4v) is 2.03. The molecule has 0 aliphatic carbocycles. The second-order valence-corrected chi connectivity index (χ2v) is 4.39. The van der Waals surface area contributed by atoms with Gasteiger partial charge < -0.3 is 19.4 Å². The van der Waals surface area contributed by atoms with E-state index in [4.69, 9.17) is 9.47 Å². The number of benzene rings is 1. The highest BCUT2D eigenvalue weighted by Gasteiger charge is 2.19. The highest BCUT2D eigenvalue weighted by Crippen LogP contribution is 2.18. The van der Waals surface area contributed by atoms with Crippen molar-refractivity contribution in [1.82, 2.24) is 9.55 Å². The molecule has 0 unspecified atom stereocenters. The summed E-state index contributed by atoms with van der Waals surface area (Å²) in [5.74, 6) is 0.931. The van der Waals surface area contributed by atoms with Gasteiger partial charge in [0.1, 0.15) is 5.75 Å². The lowest BCUT2D eigenvalue weighted by Gasteiger charge is -2.09. The van der Waals surface area contributed by atoms with E-state index in [1.54, 1.807) is 32.0 Å². The SMILES string of the molecule is CCOC(=O)c1c(NC)ncn1Cc1ccc(OC)cc1. The Kier molecular flexibility index (Phi) is 4.81. The molecule has 1 aromatic carbocycles. The highest BCUT2D eigenvalue weighted by atomic mass is 16.5. The van der Waals surface area contributed by atoms with E-state index in [9.17, 15) is 4.79 Å². The molecule has 0 bridgehead atoms. The molecule has 0 radical (unpaired) electrons. The molecule has 2 rings (SSSR count). The van der Waals surface area contributed by atoms with Crippen molar-refractivity contribution in [3.63, 3.8) is 0 Å². The van der Waals surface area contributed by atoms with E-state index in [1.165, 1.54) is 0 Å². The summed E-state index contributed by atoms with van der Waals surface area (Å²) < 4.78 is 12.0. The van der Waals surface area contributed by atoms with Crippen molar-refractivity contribution in [3.05, 3.63) is 41.9 Å². The van der Waals surface area contributed by atoms with Gasteiger partial charge in [-0.05, 0) is 24.6 Å².